The quantitative estimate of drug-likeness (QED) is 0.218. The minimum atomic E-state index is -0.0139. The maximum atomic E-state index is 5.80. The molecule has 0 amide bonds. The van der Waals surface area contributed by atoms with Gasteiger partial charge in [0, 0.05) is 19.1 Å². The molecule has 1 unspecified atom stereocenters. The topological polar surface area (TPSA) is 18.5 Å². The molecule has 0 spiro atoms. The Morgan fingerprint density at radius 2 is 1.24 bits per heavy atom. The Balaban J connectivity index is 3.97. The minimum Gasteiger partial charge on any atom is -0.353 e. The largest absolute Gasteiger partial charge is 0.353 e. The van der Waals surface area contributed by atoms with Crippen molar-refractivity contribution in [2.75, 3.05) is 19.0 Å². The van der Waals surface area contributed by atoms with Gasteiger partial charge in [0.25, 0.3) is 0 Å². The maximum Gasteiger partial charge on any atom is 0.160 e. The lowest BCUT2D eigenvalue weighted by Crippen LogP contribution is -2.27. The van der Waals surface area contributed by atoms with Crippen LogP contribution in [-0.2, 0) is 9.47 Å². The highest BCUT2D eigenvalue weighted by atomic mass is 32.1. The zero-order chi connectivity index (χ0) is 15.8. The van der Waals surface area contributed by atoms with Crippen LogP contribution < -0.4 is 0 Å². The molecule has 3 heteroatoms. The number of hydrogen-bond acceptors (Lipinski definition) is 3. The average molecular weight is 319 g/mol. The average Bonchev–Trinajstić information content (AvgIpc) is 2.49. The summed E-state index contributed by atoms with van der Waals surface area (Å²) in [4.78, 5) is 0. The van der Waals surface area contributed by atoms with Crippen LogP contribution in [0.1, 0.15) is 85.0 Å². The lowest BCUT2D eigenvalue weighted by atomic mass is 9.95. The monoisotopic (exact) mass is 318 g/mol. The van der Waals surface area contributed by atoms with E-state index in [1.54, 1.807) is 0 Å². The summed E-state index contributed by atoms with van der Waals surface area (Å²) in [5.41, 5.74) is 0. The SMILES string of the molecule is CCCCCCCCCC(CCCS)C(OCC)OCC. The Morgan fingerprint density at radius 3 is 1.76 bits per heavy atom. The molecule has 0 radical (unpaired) electrons. The van der Waals surface area contributed by atoms with Gasteiger partial charge in [0.05, 0.1) is 0 Å². The molecule has 0 aliphatic heterocycles. The summed E-state index contributed by atoms with van der Waals surface area (Å²) < 4.78 is 11.6. The Kier molecular flexibility index (Phi) is 16.9. The summed E-state index contributed by atoms with van der Waals surface area (Å²) in [5.74, 6) is 1.49. The molecule has 0 N–H and O–H groups in total. The lowest BCUT2D eigenvalue weighted by Gasteiger charge is -2.26. The second-order valence-corrected chi connectivity index (χ2v) is 6.26. The van der Waals surface area contributed by atoms with Crippen molar-refractivity contribution in [3.05, 3.63) is 0 Å². The Hall–Kier alpha value is 0.270. The lowest BCUT2D eigenvalue weighted by molar-refractivity contribution is -0.170. The molecule has 128 valence electrons. The van der Waals surface area contributed by atoms with Gasteiger partial charge in [0.1, 0.15) is 0 Å². The fourth-order valence-electron chi connectivity index (χ4n) is 2.78. The maximum absolute atomic E-state index is 5.80. The molecule has 0 bridgehead atoms. The molecule has 0 aliphatic rings. The van der Waals surface area contributed by atoms with Crippen LogP contribution >= 0.6 is 12.6 Å². The smallest absolute Gasteiger partial charge is 0.160 e. The second-order valence-electron chi connectivity index (χ2n) is 5.81. The van der Waals surface area contributed by atoms with Crippen LogP contribution in [0.4, 0.5) is 0 Å². The fourth-order valence-corrected chi connectivity index (χ4v) is 2.96. The molecule has 0 fully saturated rings. The summed E-state index contributed by atoms with van der Waals surface area (Å²) in [5, 5.41) is 0. The van der Waals surface area contributed by atoms with Crippen molar-refractivity contribution in [2.45, 2.75) is 91.3 Å². The van der Waals surface area contributed by atoms with Crippen molar-refractivity contribution < 1.29 is 9.47 Å². The van der Waals surface area contributed by atoms with Crippen LogP contribution in [0.5, 0.6) is 0 Å². The number of hydrogen-bond donors (Lipinski definition) is 1. The molecule has 2 nitrogen and oxygen atoms in total. The van der Waals surface area contributed by atoms with Gasteiger partial charge in [-0.3, -0.25) is 0 Å². The number of thiol groups is 1. The predicted molar refractivity (Wildman–Crippen MR) is 96.2 cm³/mol. The third kappa shape index (κ3) is 12.5. The van der Waals surface area contributed by atoms with E-state index in [2.05, 4.69) is 33.4 Å². The van der Waals surface area contributed by atoms with Gasteiger partial charge < -0.3 is 9.47 Å². The van der Waals surface area contributed by atoms with Crippen molar-refractivity contribution in [3.63, 3.8) is 0 Å². The molecule has 0 saturated carbocycles. The molecule has 0 aromatic rings. The summed E-state index contributed by atoms with van der Waals surface area (Å²) >= 11 is 4.34. The molecule has 0 heterocycles. The van der Waals surface area contributed by atoms with Crippen LogP contribution in [0.2, 0.25) is 0 Å². The molecule has 0 aromatic carbocycles. The highest BCUT2D eigenvalue weighted by Gasteiger charge is 2.21. The van der Waals surface area contributed by atoms with Crippen molar-refractivity contribution in [1.29, 1.82) is 0 Å². The van der Waals surface area contributed by atoms with E-state index in [-0.39, 0.29) is 6.29 Å². The van der Waals surface area contributed by atoms with E-state index in [1.807, 2.05) is 0 Å². The van der Waals surface area contributed by atoms with E-state index >= 15 is 0 Å². The van der Waals surface area contributed by atoms with Crippen LogP contribution in [0.25, 0.3) is 0 Å². The highest BCUT2D eigenvalue weighted by Crippen LogP contribution is 2.23. The molecular formula is C18H38O2S. The van der Waals surface area contributed by atoms with Gasteiger partial charge in [-0.2, -0.15) is 12.6 Å². The predicted octanol–water partition coefficient (Wildman–Crippen LogP) is 5.85. The van der Waals surface area contributed by atoms with Crippen molar-refractivity contribution in [2.24, 2.45) is 5.92 Å². The highest BCUT2D eigenvalue weighted by molar-refractivity contribution is 7.80. The third-order valence-corrected chi connectivity index (χ3v) is 4.27. The normalized spacial score (nSPS) is 13.0. The molecule has 0 rings (SSSR count). The van der Waals surface area contributed by atoms with Gasteiger partial charge in [-0.1, -0.05) is 51.9 Å². The van der Waals surface area contributed by atoms with Gasteiger partial charge in [-0.05, 0) is 38.9 Å². The summed E-state index contributed by atoms with van der Waals surface area (Å²) in [6, 6.07) is 0. The molecule has 0 aromatic heterocycles. The third-order valence-electron chi connectivity index (χ3n) is 3.96. The first-order chi connectivity index (χ1) is 10.3. The standard InChI is InChI=1S/C18H38O2S/c1-4-7-8-9-10-11-12-14-17(15-13-16-21)18(19-5-2)20-6-3/h17-18,21H,4-16H2,1-3H3. The van der Waals surface area contributed by atoms with Crippen molar-refractivity contribution in [1.82, 2.24) is 0 Å². The van der Waals surface area contributed by atoms with Gasteiger partial charge >= 0.3 is 0 Å². The first-order valence-corrected chi connectivity index (χ1v) is 9.77. The summed E-state index contributed by atoms with van der Waals surface area (Å²) in [6.45, 7) is 7.84. The van der Waals surface area contributed by atoms with Gasteiger partial charge in [-0.15, -0.1) is 0 Å². The Labute approximate surface area is 138 Å². The number of ether oxygens (including phenoxy) is 2. The van der Waals surface area contributed by atoms with Crippen LogP contribution in [0.15, 0.2) is 0 Å². The van der Waals surface area contributed by atoms with Gasteiger partial charge in [-0.25, -0.2) is 0 Å². The zero-order valence-corrected chi connectivity index (χ0v) is 15.5. The number of rotatable bonds is 16. The van der Waals surface area contributed by atoms with Crippen LogP contribution in [0.3, 0.4) is 0 Å². The molecule has 0 aliphatic carbocycles. The van der Waals surface area contributed by atoms with Gasteiger partial charge in [0.2, 0.25) is 0 Å². The van der Waals surface area contributed by atoms with E-state index in [4.69, 9.17) is 9.47 Å². The van der Waals surface area contributed by atoms with E-state index in [1.165, 1.54) is 57.8 Å². The first kappa shape index (κ1) is 21.3. The minimum absolute atomic E-state index is 0.0139. The van der Waals surface area contributed by atoms with E-state index in [9.17, 15) is 0 Å². The summed E-state index contributed by atoms with van der Waals surface area (Å²) in [6.07, 6.45) is 13.1. The molecular weight excluding hydrogens is 280 g/mol. The van der Waals surface area contributed by atoms with Crippen LogP contribution in [0, 0.1) is 5.92 Å². The molecule has 0 saturated heterocycles. The van der Waals surface area contributed by atoms with E-state index in [0.717, 1.165) is 25.4 Å². The Bertz CT molecular complexity index is 194. The van der Waals surface area contributed by atoms with Gasteiger partial charge in [0.15, 0.2) is 6.29 Å². The van der Waals surface area contributed by atoms with E-state index < -0.39 is 0 Å². The molecule has 1 atom stereocenters. The number of unbranched alkanes of at least 4 members (excludes halogenated alkanes) is 6. The van der Waals surface area contributed by atoms with Crippen molar-refractivity contribution in [3.8, 4) is 0 Å². The second kappa shape index (κ2) is 16.6. The summed E-state index contributed by atoms with van der Waals surface area (Å²) in [7, 11) is 0. The van der Waals surface area contributed by atoms with Crippen LogP contribution in [-0.4, -0.2) is 25.3 Å². The Morgan fingerprint density at radius 1 is 0.714 bits per heavy atom. The fraction of sp³-hybridized carbons (Fsp3) is 1.00. The first-order valence-electron chi connectivity index (χ1n) is 9.14. The molecule has 21 heavy (non-hydrogen) atoms. The zero-order valence-electron chi connectivity index (χ0n) is 14.6. The van der Waals surface area contributed by atoms with Crippen molar-refractivity contribution >= 4 is 12.6 Å². The van der Waals surface area contributed by atoms with E-state index in [0.29, 0.717) is 5.92 Å².